The molecule has 3 aromatic rings. The number of esters is 1. The van der Waals surface area contributed by atoms with Crippen LogP contribution in [0.15, 0.2) is 59.3 Å². The van der Waals surface area contributed by atoms with Gasteiger partial charge in [0.1, 0.15) is 17.8 Å². The highest BCUT2D eigenvalue weighted by molar-refractivity contribution is 9.10. The van der Waals surface area contributed by atoms with Gasteiger partial charge in [-0.2, -0.15) is 4.98 Å². The minimum Gasteiger partial charge on any atom is -0.462 e. The molecule has 8 heteroatoms. The third-order valence-corrected chi connectivity index (χ3v) is 4.34. The molecule has 2 aromatic carbocycles. The number of hydrogen-bond donors (Lipinski definition) is 2. The fraction of sp³-hybridized carbons (Fsp3) is 0.190. The van der Waals surface area contributed by atoms with Gasteiger partial charge in [-0.3, -0.25) is 0 Å². The molecule has 0 bridgehead atoms. The summed E-state index contributed by atoms with van der Waals surface area (Å²) >= 11 is 3.38. The number of halogens is 1. The third-order valence-electron chi connectivity index (χ3n) is 3.81. The minimum absolute atomic E-state index is 0.249. The van der Waals surface area contributed by atoms with Gasteiger partial charge in [-0.25, -0.2) is 9.78 Å². The van der Waals surface area contributed by atoms with E-state index < -0.39 is 0 Å². The molecule has 0 saturated heterocycles. The molecule has 0 aliphatic rings. The molecule has 1 aromatic heterocycles. The predicted molar refractivity (Wildman–Crippen MR) is 116 cm³/mol. The van der Waals surface area contributed by atoms with E-state index in [1.165, 1.54) is 6.33 Å². The summed E-state index contributed by atoms with van der Waals surface area (Å²) in [6, 6.07) is 14.2. The molecule has 0 amide bonds. The van der Waals surface area contributed by atoms with Gasteiger partial charge in [-0.15, -0.1) is 0 Å². The predicted octanol–water partition coefficient (Wildman–Crippen LogP) is 5.17. The molecule has 0 aliphatic heterocycles. The van der Waals surface area contributed by atoms with Crippen LogP contribution >= 0.6 is 15.9 Å². The van der Waals surface area contributed by atoms with Gasteiger partial charge in [0.25, 0.3) is 0 Å². The summed E-state index contributed by atoms with van der Waals surface area (Å²) in [4.78, 5) is 20.3. The monoisotopic (exact) mass is 456 g/mol. The van der Waals surface area contributed by atoms with Crippen LogP contribution in [0.25, 0.3) is 0 Å². The lowest BCUT2D eigenvalue weighted by atomic mass is 10.2. The van der Waals surface area contributed by atoms with Crippen molar-refractivity contribution in [2.45, 2.75) is 13.8 Å². The Hall–Kier alpha value is -3.13. The highest BCUT2D eigenvalue weighted by atomic mass is 79.9. The zero-order valence-corrected chi connectivity index (χ0v) is 17.6. The Morgan fingerprint density at radius 2 is 1.79 bits per heavy atom. The fourth-order valence-corrected chi connectivity index (χ4v) is 2.59. The number of carbonyl (C=O) groups is 1. The number of hydrogen-bond acceptors (Lipinski definition) is 7. The van der Waals surface area contributed by atoms with Crippen LogP contribution in [0.2, 0.25) is 0 Å². The average Bonchev–Trinajstić information content (AvgIpc) is 2.71. The van der Waals surface area contributed by atoms with E-state index in [9.17, 15) is 4.79 Å². The van der Waals surface area contributed by atoms with Gasteiger partial charge in [-0.1, -0.05) is 29.8 Å². The second-order valence-electron chi connectivity index (χ2n) is 6.69. The maximum Gasteiger partial charge on any atom is 0.338 e. The molecule has 1 heterocycles. The summed E-state index contributed by atoms with van der Waals surface area (Å²) in [6.07, 6.45) is 1.37. The molecule has 0 unspecified atom stereocenters. The van der Waals surface area contributed by atoms with Crippen LogP contribution in [-0.2, 0) is 4.74 Å². The molecular formula is C21H21BrN4O3. The van der Waals surface area contributed by atoms with E-state index in [0.717, 1.165) is 4.47 Å². The van der Waals surface area contributed by atoms with E-state index in [-0.39, 0.29) is 23.5 Å². The number of anilines is 3. The first-order valence-corrected chi connectivity index (χ1v) is 9.80. The topological polar surface area (TPSA) is 99.4 Å². The van der Waals surface area contributed by atoms with E-state index >= 15 is 0 Å². The quantitative estimate of drug-likeness (QED) is 0.472. The van der Waals surface area contributed by atoms with Crippen molar-refractivity contribution in [3.8, 4) is 11.6 Å². The summed E-state index contributed by atoms with van der Waals surface area (Å²) in [7, 11) is 0. The second kappa shape index (κ2) is 9.38. The smallest absolute Gasteiger partial charge is 0.338 e. The molecule has 0 fully saturated rings. The molecule has 3 N–H and O–H groups in total. The number of nitrogens with zero attached hydrogens (tertiary/aromatic N) is 2. The molecule has 0 aliphatic carbocycles. The van der Waals surface area contributed by atoms with Crippen LogP contribution in [0, 0.1) is 5.92 Å². The van der Waals surface area contributed by atoms with Crippen LogP contribution in [0.1, 0.15) is 24.2 Å². The van der Waals surface area contributed by atoms with Gasteiger partial charge < -0.3 is 20.5 Å². The van der Waals surface area contributed by atoms with Crippen LogP contribution in [0.3, 0.4) is 0 Å². The van der Waals surface area contributed by atoms with Gasteiger partial charge in [0.2, 0.25) is 5.88 Å². The second-order valence-corrected chi connectivity index (χ2v) is 7.61. The number of nitrogen functional groups attached to an aromatic ring is 1. The van der Waals surface area contributed by atoms with Crippen molar-refractivity contribution in [1.29, 1.82) is 0 Å². The lowest BCUT2D eigenvalue weighted by Crippen LogP contribution is -2.10. The number of rotatable bonds is 7. The minimum atomic E-state index is -0.350. The van der Waals surface area contributed by atoms with Gasteiger partial charge in [0, 0.05) is 10.2 Å². The number of benzene rings is 2. The Morgan fingerprint density at radius 1 is 1.10 bits per heavy atom. The van der Waals surface area contributed by atoms with E-state index in [0.29, 0.717) is 29.4 Å². The zero-order valence-electron chi connectivity index (χ0n) is 16.1. The number of nitrogens with two attached hydrogens (primary N) is 1. The van der Waals surface area contributed by atoms with Gasteiger partial charge in [0.15, 0.2) is 5.82 Å². The van der Waals surface area contributed by atoms with E-state index in [4.69, 9.17) is 15.2 Å². The Balaban J connectivity index is 1.70. The zero-order chi connectivity index (χ0) is 20.8. The summed E-state index contributed by atoms with van der Waals surface area (Å²) in [6.45, 7) is 4.36. The van der Waals surface area contributed by atoms with Crippen molar-refractivity contribution < 1.29 is 14.3 Å². The maximum atomic E-state index is 12.0. The Bertz CT molecular complexity index is 976. The van der Waals surface area contributed by atoms with Crippen LogP contribution in [-0.4, -0.2) is 22.5 Å². The van der Waals surface area contributed by atoms with Gasteiger partial charge >= 0.3 is 5.97 Å². The first kappa shape index (κ1) is 20.6. The molecular weight excluding hydrogens is 436 g/mol. The normalized spacial score (nSPS) is 10.6. The van der Waals surface area contributed by atoms with Crippen molar-refractivity contribution in [3.05, 3.63) is 64.9 Å². The first-order chi connectivity index (χ1) is 13.9. The molecule has 0 radical (unpaired) electrons. The van der Waals surface area contributed by atoms with Crippen molar-refractivity contribution in [1.82, 2.24) is 9.97 Å². The number of carbonyl (C=O) groups excluding carboxylic acids is 1. The number of aromatic nitrogens is 2. The SMILES string of the molecule is CC(C)COC(=O)c1ccc(Nc2ncnc(Oc3ccc(Br)cc3)c2N)cc1. The number of ether oxygens (including phenoxy) is 2. The maximum absolute atomic E-state index is 12.0. The van der Waals surface area contributed by atoms with Crippen LogP contribution < -0.4 is 15.8 Å². The Morgan fingerprint density at radius 3 is 2.45 bits per heavy atom. The lowest BCUT2D eigenvalue weighted by molar-refractivity contribution is 0.0459. The van der Waals surface area contributed by atoms with Crippen molar-refractivity contribution >= 4 is 39.1 Å². The average molecular weight is 457 g/mol. The van der Waals surface area contributed by atoms with Gasteiger partial charge in [0.05, 0.1) is 12.2 Å². The van der Waals surface area contributed by atoms with Crippen molar-refractivity contribution in [3.63, 3.8) is 0 Å². The standard InChI is InChI=1S/C21H21BrN4O3/c1-13(2)11-28-21(27)14-3-7-16(8-4-14)26-19-18(23)20(25-12-24-19)29-17-9-5-15(22)6-10-17/h3-10,12-13H,11,23H2,1-2H3,(H,24,25,26). The molecule has 0 spiro atoms. The molecule has 7 nitrogen and oxygen atoms in total. The van der Waals surface area contributed by atoms with Crippen LogP contribution in [0.5, 0.6) is 11.6 Å². The summed E-state index contributed by atoms with van der Waals surface area (Å²) in [5, 5.41) is 3.11. The van der Waals surface area contributed by atoms with E-state index in [1.54, 1.807) is 36.4 Å². The summed E-state index contributed by atoms with van der Waals surface area (Å²) in [5.74, 6) is 1.20. The van der Waals surface area contributed by atoms with Crippen LogP contribution in [0.4, 0.5) is 17.2 Å². The first-order valence-electron chi connectivity index (χ1n) is 9.00. The molecule has 150 valence electrons. The third kappa shape index (κ3) is 5.68. The van der Waals surface area contributed by atoms with Gasteiger partial charge in [-0.05, 0) is 54.4 Å². The molecule has 0 atom stereocenters. The highest BCUT2D eigenvalue weighted by Crippen LogP contribution is 2.31. The Labute approximate surface area is 177 Å². The number of nitrogens with one attached hydrogen (secondary N) is 1. The van der Waals surface area contributed by atoms with Crippen molar-refractivity contribution in [2.24, 2.45) is 5.92 Å². The van der Waals surface area contributed by atoms with E-state index in [2.05, 4.69) is 31.2 Å². The summed E-state index contributed by atoms with van der Waals surface area (Å²) < 4.78 is 11.9. The molecule has 29 heavy (non-hydrogen) atoms. The lowest BCUT2D eigenvalue weighted by Gasteiger charge is -2.12. The van der Waals surface area contributed by atoms with Crippen molar-refractivity contribution in [2.75, 3.05) is 17.7 Å². The Kier molecular flexibility index (Phi) is 6.66. The summed E-state index contributed by atoms with van der Waals surface area (Å²) in [5.41, 5.74) is 7.62. The molecule has 3 rings (SSSR count). The highest BCUT2D eigenvalue weighted by Gasteiger charge is 2.12. The fourth-order valence-electron chi connectivity index (χ4n) is 2.33. The largest absolute Gasteiger partial charge is 0.462 e. The molecule has 0 saturated carbocycles. The van der Waals surface area contributed by atoms with E-state index in [1.807, 2.05) is 26.0 Å².